The number of nitro benzene ring substituents is 1. The Bertz CT molecular complexity index is 1080. The first-order valence-electron chi connectivity index (χ1n) is 7.24. The molecule has 25 heavy (non-hydrogen) atoms. The molecular weight excluding hydrogens is 329 g/mol. The molecule has 0 unspecified atom stereocenters. The minimum Gasteiger partial charge on any atom is -0.322 e. The van der Waals surface area contributed by atoms with E-state index in [-0.39, 0.29) is 27.8 Å². The number of H-pyrrole nitrogens is 1. The van der Waals surface area contributed by atoms with Gasteiger partial charge in [-0.2, -0.15) is 0 Å². The van der Waals surface area contributed by atoms with Gasteiger partial charge in [0.25, 0.3) is 11.6 Å². The summed E-state index contributed by atoms with van der Waals surface area (Å²) in [7, 11) is 0. The summed E-state index contributed by atoms with van der Waals surface area (Å²) < 4.78 is 13.8. The Balaban J connectivity index is 2.11. The van der Waals surface area contributed by atoms with Gasteiger partial charge in [0.05, 0.1) is 16.2 Å². The van der Waals surface area contributed by atoms with Crippen molar-refractivity contribution in [2.45, 2.75) is 6.92 Å². The van der Waals surface area contributed by atoms with Crippen molar-refractivity contribution in [3.63, 3.8) is 0 Å². The van der Waals surface area contributed by atoms with Crippen molar-refractivity contribution in [3.05, 3.63) is 79.9 Å². The smallest absolute Gasteiger partial charge is 0.270 e. The van der Waals surface area contributed by atoms with E-state index in [2.05, 4.69) is 10.3 Å². The predicted molar refractivity (Wildman–Crippen MR) is 90.3 cm³/mol. The van der Waals surface area contributed by atoms with E-state index in [4.69, 9.17) is 0 Å². The SMILES string of the molecule is Cc1ccc(F)c(NC(=O)c2cc(=O)[nH]c3ccc([N+](=O)[O-])cc23)c1. The number of aromatic amines is 1. The molecule has 0 saturated carbocycles. The average molecular weight is 341 g/mol. The van der Waals surface area contributed by atoms with Gasteiger partial charge in [0.15, 0.2) is 0 Å². The monoisotopic (exact) mass is 341 g/mol. The number of aryl methyl sites for hydroxylation is 1. The third kappa shape index (κ3) is 3.23. The van der Waals surface area contributed by atoms with Gasteiger partial charge in [-0.25, -0.2) is 4.39 Å². The number of non-ortho nitro benzene ring substituents is 1. The topological polar surface area (TPSA) is 105 Å². The summed E-state index contributed by atoms with van der Waals surface area (Å²) in [6.07, 6.45) is 0. The first-order valence-corrected chi connectivity index (χ1v) is 7.24. The number of nitro groups is 1. The molecule has 0 aliphatic heterocycles. The van der Waals surface area contributed by atoms with Crippen LogP contribution in [0.3, 0.4) is 0 Å². The standard InChI is InChI=1S/C17H12FN3O4/c1-9-2-4-13(18)15(6-9)20-17(23)12-8-16(22)19-14-5-3-10(21(24)25)7-11(12)14/h2-8H,1H3,(H,19,22)(H,20,23). The number of rotatable bonds is 3. The lowest BCUT2D eigenvalue weighted by molar-refractivity contribution is -0.384. The Morgan fingerprint density at radius 3 is 2.68 bits per heavy atom. The fourth-order valence-electron chi connectivity index (χ4n) is 2.47. The molecule has 1 aromatic heterocycles. The Morgan fingerprint density at radius 1 is 1.20 bits per heavy atom. The van der Waals surface area contributed by atoms with Crippen molar-refractivity contribution in [3.8, 4) is 0 Å². The number of carbonyl (C=O) groups excluding carboxylic acids is 1. The van der Waals surface area contributed by atoms with Crippen LogP contribution in [0.2, 0.25) is 0 Å². The Morgan fingerprint density at radius 2 is 1.96 bits per heavy atom. The molecule has 0 radical (unpaired) electrons. The van der Waals surface area contributed by atoms with Crippen LogP contribution in [0.1, 0.15) is 15.9 Å². The van der Waals surface area contributed by atoms with Crippen LogP contribution in [0.5, 0.6) is 0 Å². The van der Waals surface area contributed by atoms with Crippen molar-refractivity contribution in [1.29, 1.82) is 0 Å². The summed E-state index contributed by atoms with van der Waals surface area (Å²) in [6.45, 7) is 1.74. The molecule has 126 valence electrons. The largest absolute Gasteiger partial charge is 0.322 e. The lowest BCUT2D eigenvalue weighted by Gasteiger charge is -2.09. The molecule has 0 fully saturated rings. The highest BCUT2D eigenvalue weighted by Crippen LogP contribution is 2.23. The molecule has 0 bridgehead atoms. The van der Waals surface area contributed by atoms with E-state index in [0.29, 0.717) is 0 Å². The highest BCUT2D eigenvalue weighted by atomic mass is 19.1. The quantitative estimate of drug-likeness (QED) is 0.564. The minimum absolute atomic E-state index is 0.0381. The summed E-state index contributed by atoms with van der Waals surface area (Å²) in [5.74, 6) is -1.36. The van der Waals surface area contributed by atoms with Crippen molar-refractivity contribution >= 4 is 28.2 Å². The van der Waals surface area contributed by atoms with E-state index in [1.165, 1.54) is 30.3 Å². The van der Waals surface area contributed by atoms with Crippen molar-refractivity contribution in [1.82, 2.24) is 4.98 Å². The molecule has 7 nitrogen and oxygen atoms in total. The summed E-state index contributed by atoms with van der Waals surface area (Å²) in [5.41, 5.74) is 0.120. The van der Waals surface area contributed by atoms with Gasteiger partial charge in [-0.3, -0.25) is 19.7 Å². The lowest BCUT2D eigenvalue weighted by Crippen LogP contribution is -2.17. The predicted octanol–water partition coefficient (Wildman–Crippen LogP) is 3.14. The number of anilines is 1. The van der Waals surface area contributed by atoms with Crippen LogP contribution in [0.25, 0.3) is 10.9 Å². The molecular formula is C17H12FN3O4. The molecule has 2 N–H and O–H groups in total. The third-order valence-corrected chi connectivity index (χ3v) is 3.65. The van der Waals surface area contributed by atoms with Crippen LogP contribution in [0.4, 0.5) is 15.8 Å². The van der Waals surface area contributed by atoms with Gasteiger partial charge in [0.1, 0.15) is 5.82 Å². The van der Waals surface area contributed by atoms with Gasteiger partial charge >= 0.3 is 0 Å². The zero-order valence-corrected chi connectivity index (χ0v) is 13.0. The Hall–Kier alpha value is -3.55. The van der Waals surface area contributed by atoms with Gasteiger partial charge < -0.3 is 10.3 Å². The maximum Gasteiger partial charge on any atom is 0.270 e. The molecule has 0 aliphatic carbocycles. The Labute approximate surface area is 140 Å². The fourth-order valence-corrected chi connectivity index (χ4v) is 2.47. The van der Waals surface area contributed by atoms with E-state index in [0.717, 1.165) is 11.6 Å². The fraction of sp³-hybridized carbons (Fsp3) is 0.0588. The Kier molecular flexibility index (Phi) is 4.02. The van der Waals surface area contributed by atoms with E-state index >= 15 is 0 Å². The molecule has 3 aromatic rings. The summed E-state index contributed by atoms with van der Waals surface area (Å²) >= 11 is 0. The van der Waals surface area contributed by atoms with Crippen molar-refractivity contribution < 1.29 is 14.1 Å². The van der Waals surface area contributed by atoms with E-state index in [1.807, 2.05) is 0 Å². The van der Waals surface area contributed by atoms with Gasteiger partial charge in [-0.05, 0) is 30.7 Å². The number of hydrogen-bond donors (Lipinski definition) is 2. The van der Waals surface area contributed by atoms with Crippen molar-refractivity contribution in [2.24, 2.45) is 0 Å². The molecule has 0 saturated heterocycles. The van der Waals surface area contributed by atoms with Gasteiger partial charge in [-0.15, -0.1) is 0 Å². The zero-order chi connectivity index (χ0) is 18.1. The summed E-state index contributed by atoms with van der Waals surface area (Å²) in [6, 6.07) is 8.99. The van der Waals surface area contributed by atoms with E-state index in [1.54, 1.807) is 13.0 Å². The van der Waals surface area contributed by atoms with E-state index < -0.39 is 22.2 Å². The van der Waals surface area contributed by atoms with Gasteiger partial charge in [0.2, 0.25) is 5.56 Å². The number of amides is 1. The molecule has 0 aliphatic rings. The van der Waals surface area contributed by atoms with Crippen LogP contribution < -0.4 is 10.9 Å². The first-order chi connectivity index (χ1) is 11.8. The highest BCUT2D eigenvalue weighted by molar-refractivity contribution is 6.12. The molecule has 0 atom stereocenters. The molecule has 1 heterocycles. The summed E-state index contributed by atoms with van der Waals surface area (Å²) in [4.78, 5) is 37.1. The number of carbonyl (C=O) groups is 1. The van der Waals surface area contributed by atoms with Crippen LogP contribution in [-0.4, -0.2) is 15.8 Å². The van der Waals surface area contributed by atoms with Crippen molar-refractivity contribution in [2.75, 3.05) is 5.32 Å². The van der Waals surface area contributed by atoms with Crippen LogP contribution in [-0.2, 0) is 0 Å². The highest BCUT2D eigenvalue weighted by Gasteiger charge is 2.16. The second-order valence-electron chi connectivity index (χ2n) is 5.47. The van der Waals surface area contributed by atoms with Crippen LogP contribution in [0, 0.1) is 22.9 Å². The number of hydrogen-bond acceptors (Lipinski definition) is 4. The van der Waals surface area contributed by atoms with Gasteiger partial charge in [-0.1, -0.05) is 6.07 Å². The number of fused-ring (bicyclic) bond motifs is 1. The maximum atomic E-state index is 13.8. The number of halogens is 1. The number of benzene rings is 2. The minimum atomic E-state index is -0.735. The van der Waals surface area contributed by atoms with E-state index in [9.17, 15) is 24.1 Å². The molecule has 0 spiro atoms. The molecule has 1 amide bonds. The zero-order valence-electron chi connectivity index (χ0n) is 13.0. The number of nitrogens with zero attached hydrogens (tertiary/aromatic N) is 1. The molecule has 8 heteroatoms. The number of pyridine rings is 1. The second-order valence-corrected chi connectivity index (χ2v) is 5.47. The number of nitrogens with one attached hydrogen (secondary N) is 2. The average Bonchev–Trinajstić information content (AvgIpc) is 2.56. The van der Waals surface area contributed by atoms with Crippen LogP contribution in [0.15, 0.2) is 47.3 Å². The maximum absolute atomic E-state index is 13.8. The number of aromatic nitrogens is 1. The summed E-state index contributed by atoms with van der Waals surface area (Å²) in [5, 5.41) is 13.5. The van der Waals surface area contributed by atoms with Crippen LogP contribution >= 0.6 is 0 Å². The second kappa shape index (κ2) is 6.16. The normalized spacial score (nSPS) is 10.6. The molecule has 2 aromatic carbocycles. The third-order valence-electron chi connectivity index (χ3n) is 3.65. The first kappa shape index (κ1) is 16.3. The molecule has 3 rings (SSSR count). The lowest BCUT2D eigenvalue weighted by atomic mass is 10.1. The van der Waals surface area contributed by atoms with Gasteiger partial charge in [0, 0.05) is 29.1 Å².